The van der Waals surface area contributed by atoms with Gasteiger partial charge in [-0.1, -0.05) is 25.0 Å². The summed E-state index contributed by atoms with van der Waals surface area (Å²) in [5.41, 5.74) is 7.54. The summed E-state index contributed by atoms with van der Waals surface area (Å²) in [4.78, 5) is 0. The monoisotopic (exact) mass is 287 g/mol. The summed E-state index contributed by atoms with van der Waals surface area (Å²) in [6, 6.07) is 9.09. The van der Waals surface area contributed by atoms with Gasteiger partial charge in [0.25, 0.3) is 0 Å². The lowest BCUT2D eigenvalue weighted by molar-refractivity contribution is 0.444. The fourth-order valence-electron chi connectivity index (χ4n) is 3.17. The van der Waals surface area contributed by atoms with Crippen LogP contribution >= 0.6 is 0 Å². The quantitative estimate of drug-likeness (QED) is 0.934. The number of aromatic nitrogens is 2. The summed E-state index contributed by atoms with van der Waals surface area (Å²) in [5, 5.41) is 4.67. The Hall–Kier alpha value is -1.68. The average molecular weight is 287 g/mol. The molecular weight excluding hydrogens is 265 g/mol. The van der Waals surface area contributed by atoms with Crippen molar-refractivity contribution in [2.45, 2.75) is 50.6 Å². The lowest BCUT2D eigenvalue weighted by Crippen LogP contribution is -2.35. The molecule has 21 heavy (non-hydrogen) atoms. The van der Waals surface area contributed by atoms with Crippen LogP contribution in [-0.2, 0) is 12.0 Å². The summed E-state index contributed by atoms with van der Waals surface area (Å²) in [7, 11) is 0. The van der Waals surface area contributed by atoms with Crippen LogP contribution in [0, 0.1) is 5.82 Å². The Morgan fingerprint density at radius 2 is 2.10 bits per heavy atom. The first-order valence-electron chi connectivity index (χ1n) is 7.63. The SMILES string of the molecule is CC(N)(Cc1ccn(C2CCCC2)n1)c1cccc(F)c1. The first-order valence-corrected chi connectivity index (χ1v) is 7.63. The number of nitrogens with two attached hydrogens (primary N) is 1. The Morgan fingerprint density at radius 1 is 1.33 bits per heavy atom. The third-order valence-corrected chi connectivity index (χ3v) is 4.39. The van der Waals surface area contributed by atoms with Crippen molar-refractivity contribution in [2.75, 3.05) is 0 Å². The van der Waals surface area contributed by atoms with Crippen LogP contribution in [0.15, 0.2) is 36.5 Å². The summed E-state index contributed by atoms with van der Waals surface area (Å²) in [5.74, 6) is -0.249. The molecule has 1 fully saturated rings. The van der Waals surface area contributed by atoms with Crippen molar-refractivity contribution in [2.24, 2.45) is 5.73 Å². The molecular formula is C17H22FN3. The van der Waals surface area contributed by atoms with Gasteiger partial charge in [0.1, 0.15) is 5.82 Å². The van der Waals surface area contributed by atoms with Gasteiger partial charge >= 0.3 is 0 Å². The normalized spacial score (nSPS) is 18.8. The minimum Gasteiger partial charge on any atom is -0.321 e. The van der Waals surface area contributed by atoms with Gasteiger partial charge in [0.05, 0.1) is 11.7 Å². The maximum atomic E-state index is 13.4. The van der Waals surface area contributed by atoms with Crippen LogP contribution in [0.2, 0.25) is 0 Å². The van der Waals surface area contributed by atoms with E-state index in [1.165, 1.54) is 37.8 Å². The van der Waals surface area contributed by atoms with Crippen molar-refractivity contribution in [1.29, 1.82) is 0 Å². The van der Waals surface area contributed by atoms with Crippen molar-refractivity contribution in [3.63, 3.8) is 0 Å². The van der Waals surface area contributed by atoms with E-state index >= 15 is 0 Å². The van der Waals surface area contributed by atoms with E-state index in [0.717, 1.165) is 11.3 Å². The molecule has 3 nitrogen and oxygen atoms in total. The standard InChI is InChI=1S/C17H22FN3/c1-17(19,13-5-4-6-14(18)11-13)12-15-9-10-21(20-15)16-7-2-3-8-16/h4-6,9-11,16H,2-3,7-8,12,19H2,1H3. The van der Waals surface area contributed by atoms with Gasteiger partial charge in [0.2, 0.25) is 0 Å². The zero-order chi connectivity index (χ0) is 14.9. The molecule has 1 saturated carbocycles. The van der Waals surface area contributed by atoms with Gasteiger partial charge in [-0.15, -0.1) is 0 Å². The maximum absolute atomic E-state index is 13.4. The second-order valence-electron chi connectivity index (χ2n) is 6.33. The molecule has 1 aliphatic carbocycles. The Kier molecular flexibility index (Phi) is 3.81. The summed E-state index contributed by atoms with van der Waals surface area (Å²) < 4.78 is 15.4. The maximum Gasteiger partial charge on any atom is 0.123 e. The highest BCUT2D eigenvalue weighted by molar-refractivity contribution is 5.26. The molecule has 0 spiro atoms. The topological polar surface area (TPSA) is 43.8 Å². The molecule has 1 unspecified atom stereocenters. The molecule has 1 heterocycles. The molecule has 4 heteroatoms. The van der Waals surface area contributed by atoms with Gasteiger partial charge in [0, 0.05) is 18.2 Å². The van der Waals surface area contributed by atoms with Crippen LogP contribution in [0.4, 0.5) is 4.39 Å². The van der Waals surface area contributed by atoms with E-state index in [-0.39, 0.29) is 5.82 Å². The first-order chi connectivity index (χ1) is 10.0. The Labute approximate surface area is 125 Å². The Morgan fingerprint density at radius 3 is 2.81 bits per heavy atom. The number of benzene rings is 1. The molecule has 3 rings (SSSR count). The van der Waals surface area contributed by atoms with Crippen LogP contribution in [0.3, 0.4) is 0 Å². The molecule has 0 saturated heterocycles. The van der Waals surface area contributed by atoms with E-state index in [9.17, 15) is 4.39 Å². The van der Waals surface area contributed by atoms with Crippen LogP contribution in [0.5, 0.6) is 0 Å². The van der Waals surface area contributed by atoms with E-state index in [1.807, 2.05) is 25.3 Å². The first kappa shape index (κ1) is 14.3. The number of nitrogens with zero attached hydrogens (tertiary/aromatic N) is 2. The summed E-state index contributed by atoms with van der Waals surface area (Å²) in [6.45, 7) is 1.93. The second-order valence-corrected chi connectivity index (χ2v) is 6.33. The van der Waals surface area contributed by atoms with Gasteiger partial charge in [-0.25, -0.2) is 4.39 Å². The second kappa shape index (κ2) is 5.60. The van der Waals surface area contributed by atoms with Gasteiger partial charge in [-0.2, -0.15) is 5.10 Å². The number of halogens is 1. The fourth-order valence-corrected chi connectivity index (χ4v) is 3.17. The molecule has 0 radical (unpaired) electrons. The van der Waals surface area contributed by atoms with E-state index in [2.05, 4.69) is 9.78 Å². The number of hydrogen-bond donors (Lipinski definition) is 1. The van der Waals surface area contributed by atoms with Crippen LogP contribution in [-0.4, -0.2) is 9.78 Å². The Balaban J connectivity index is 1.76. The third-order valence-electron chi connectivity index (χ3n) is 4.39. The zero-order valence-electron chi connectivity index (χ0n) is 12.4. The summed E-state index contributed by atoms with van der Waals surface area (Å²) in [6.07, 6.45) is 7.66. The van der Waals surface area contributed by atoms with Crippen molar-refractivity contribution in [1.82, 2.24) is 9.78 Å². The highest BCUT2D eigenvalue weighted by Crippen LogP contribution is 2.29. The highest BCUT2D eigenvalue weighted by atomic mass is 19.1. The number of rotatable bonds is 4. The minimum absolute atomic E-state index is 0.249. The van der Waals surface area contributed by atoms with E-state index in [0.29, 0.717) is 12.5 Å². The Bertz CT molecular complexity index is 612. The largest absolute Gasteiger partial charge is 0.321 e. The van der Waals surface area contributed by atoms with Crippen LogP contribution in [0.25, 0.3) is 0 Å². The molecule has 2 aromatic rings. The van der Waals surface area contributed by atoms with Crippen molar-refractivity contribution < 1.29 is 4.39 Å². The van der Waals surface area contributed by atoms with Gasteiger partial charge < -0.3 is 5.73 Å². The van der Waals surface area contributed by atoms with Crippen LogP contribution < -0.4 is 5.73 Å². The third kappa shape index (κ3) is 3.16. The molecule has 1 aliphatic rings. The molecule has 1 atom stereocenters. The highest BCUT2D eigenvalue weighted by Gasteiger charge is 2.24. The lowest BCUT2D eigenvalue weighted by Gasteiger charge is -2.24. The minimum atomic E-state index is -0.614. The smallest absolute Gasteiger partial charge is 0.123 e. The molecule has 112 valence electrons. The lowest BCUT2D eigenvalue weighted by atomic mass is 9.88. The average Bonchev–Trinajstić information content (AvgIpc) is 3.08. The van der Waals surface area contributed by atoms with Gasteiger partial charge in [-0.3, -0.25) is 4.68 Å². The fraction of sp³-hybridized carbons (Fsp3) is 0.471. The molecule has 2 N–H and O–H groups in total. The van der Waals surface area contributed by atoms with Gasteiger partial charge in [0.15, 0.2) is 0 Å². The number of hydrogen-bond acceptors (Lipinski definition) is 2. The van der Waals surface area contributed by atoms with Crippen molar-refractivity contribution >= 4 is 0 Å². The van der Waals surface area contributed by atoms with Crippen molar-refractivity contribution in [3.8, 4) is 0 Å². The van der Waals surface area contributed by atoms with E-state index in [4.69, 9.17) is 5.73 Å². The molecule has 0 amide bonds. The zero-order valence-corrected chi connectivity index (χ0v) is 12.4. The molecule has 1 aromatic carbocycles. The van der Waals surface area contributed by atoms with Crippen molar-refractivity contribution in [3.05, 3.63) is 53.6 Å². The summed E-state index contributed by atoms with van der Waals surface area (Å²) >= 11 is 0. The van der Waals surface area contributed by atoms with E-state index < -0.39 is 5.54 Å². The van der Waals surface area contributed by atoms with Gasteiger partial charge in [-0.05, 0) is 43.5 Å². The van der Waals surface area contributed by atoms with E-state index in [1.54, 1.807) is 6.07 Å². The molecule has 0 bridgehead atoms. The molecule has 0 aliphatic heterocycles. The van der Waals surface area contributed by atoms with Crippen LogP contribution in [0.1, 0.15) is 49.9 Å². The predicted molar refractivity (Wildman–Crippen MR) is 81.4 cm³/mol. The molecule has 1 aromatic heterocycles. The predicted octanol–water partition coefficient (Wildman–Crippen LogP) is 3.55.